The minimum absolute atomic E-state index is 0.0605. The number of carbonyl (C=O) groups excluding carboxylic acids is 2. The highest BCUT2D eigenvalue weighted by Gasteiger charge is 2.47. The SMILES string of the molecule is N#C[C@@H]1CC(F)(F)CN1C(=O)CNC(=O)c1ccnc2ccc(OCCCN3C[C@@H]4C[C@H]3CN4C(=O)O)cc12. The second-order valence-corrected chi connectivity index (χ2v) is 10.1. The van der Waals surface area contributed by atoms with E-state index in [0.717, 1.165) is 30.8 Å². The van der Waals surface area contributed by atoms with Gasteiger partial charge >= 0.3 is 6.09 Å². The lowest BCUT2D eigenvalue weighted by Gasteiger charge is -2.32. The first-order valence-electron chi connectivity index (χ1n) is 12.8. The van der Waals surface area contributed by atoms with E-state index in [1.165, 1.54) is 17.2 Å². The van der Waals surface area contributed by atoms with Gasteiger partial charge in [0.15, 0.2) is 0 Å². The number of rotatable bonds is 8. The Hall–Kier alpha value is -4.05. The fraction of sp³-hybridized carbons (Fsp3) is 0.500. The van der Waals surface area contributed by atoms with Crippen LogP contribution in [0.4, 0.5) is 13.6 Å². The molecule has 3 atom stereocenters. The maximum absolute atomic E-state index is 13.7. The molecule has 5 rings (SSSR count). The molecule has 3 saturated heterocycles. The summed E-state index contributed by atoms with van der Waals surface area (Å²) in [6.07, 6.45) is 1.49. The molecule has 3 aliphatic heterocycles. The lowest BCUT2D eigenvalue weighted by atomic mass is 10.1. The van der Waals surface area contributed by atoms with E-state index in [1.54, 1.807) is 24.3 Å². The van der Waals surface area contributed by atoms with Crippen LogP contribution in [-0.4, -0.2) is 106 Å². The highest BCUT2D eigenvalue weighted by Crippen LogP contribution is 2.32. The van der Waals surface area contributed by atoms with Crippen molar-refractivity contribution in [1.82, 2.24) is 25.0 Å². The van der Waals surface area contributed by atoms with Crippen LogP contribution in [0.1, 0.15) is 29.6 Å². The third kappa shape index (κ3) is 5.56. The Morgan fingerprint density at radius 3 is 2.74 bits per heavy atom. The number of likely N-dealkylation sites (tertiary alicyclic amines) is 3. The number of carbonyl (C=O) groups is 3. The summed E-state index contributed by atoms with van der Waals surface area (Å²) in [4.78, 5) is 45.5. The Morgan fingerprint density at radius 1 is 1.21 bits per heavy atom. The van der Waals surface area contributed by atoms with Crippen LogP contribution in [-0.2, 0) is 4.79 Å². The molecule has 1 aromatic heterocycles. The number of carboxylic acid groups (broad SMARTS) is 1. The first-order valence-corrected chi connectivity index (χ1v) is 12.8. The average molecular weight is 543 g/mol. The van der Waals surface area contributed by atoms with Gasteiger partial charge in [-0.15, -0.1) is 0 Å². The number of nitriles is 1. The monoisotopic (exact) mass is 542 g/mol. The van der Waals surface area contributed by atoms with Crippen LogP contribution < -0.4 is 10.1 Å². The molecule has 2 bridgehead atoms. The lowest BCUT2D eigenvalue weighted by Crippen LogP contribution is -2.48. The van der Waals surface area contributed by atoms with E-state index >= 15 is 0 Å². The molecule has 0 spiro atoms. The minimum Gasteiger partial charge on any atom is -0.494 e. The molecule has 0 aliphatic carbocycles. The Balaban J connectivity index is 1.15. The number of hydrogen-bond acceptors (Lipinski definition) is 7. The van der Waals surface area contributed by atoms with Gasteiger partial charge in [-0.2, -0.15) is 5.26 Å². The maximum atomic E-state index is 13.7. The van der Waals surface area contributed by atoms with Crippen molar-refractivity contribution in [2.24, 2.45) is 0 Å². The molecule has 3 amide bonds. The molecule has 11 nitrogen and oxygen atoms in total. The third-order valence-corrected chi connectivity index (χ3v) is 7.56. The van der Waals surface area contributed by atoms with Gasteiger partial charge in [0.2, 0.25) is 5.91 Å². The van der Waals surface area contributed by atoms with Crippen LogP contribution in [0.3, 0.4) is 0 Å². The second kappa shape index (κ2) is 10.6. The number of amides is 3. The summed E-state index contributed by atoms with van der Waals surface area (Å²) in [5.41, 5.74) is 0.791. The number of halogens is 2. The van der Waals surface area contributed by atoms with Crippen molar-refractivity contribution in [3.8, 4) is 11.8 Å². The molecular weight excluding hydrogens is 514 g/mol. The van der Waals surface area contributed by atoms with Crippen molar-refractivity contribution in [2.75, 3.05) is 39.3 Å². The summed E-state index contributed by atoms with van der Waals surface area (Å²) >= 11 is 0. The van der Waals surface area contributed by atoms with Crippen molar-refractivity contribution in [1.29, 1.82) is 5.26 Å². The molecule has 3 fully saturated rings. The topological polar surface area (TPSA) is 139 Å². The number of fused-ring (bicyclic) bond motifs is 3. The van der Waals surface area contributed by atoms with E-state index in [9.17, 15) is 28.3 Å². The number of piperazine rings is 1. The van der Waals surface area contributed by atoms with Gasteiger partial charge < -0.3 is 25.0 Å². The second-order valence-electron chi connectivity index (χ2n) is 10.1. The van der Waals surface area contributed by atoms with Crippen LogP contribution >= 0.6 is 0 Å². The molecule has 0 saturated carbocycles. The fourth-order valence-corrected chi connectivity index (χ4v) is 5.68. The predicted octanol–water partition coefficient (Wildman–Crippen LogP) is 1.93. The molecular formula is C26H28F2N6O5. The van der Waals surface area contributed by atoms with Gasteiger partial charge in [0.1, 0.15) is 11.8 Å². The van der Waals surface area contributed by atoms with Gasteiger partial charge in [0.25, 0.3) is 11.8 Å². The van der Waals surface area contributed by atoms with Gasteiger partial charge in [-0.1, -0.05) is 0 Å². The first-order chi connectivity index (χ1) is 18.6. The standard InChI is InChI=1S/C26H28F2N6O5/c27-26(28)10-18(11-29)34(15-26)23(35)12-31-24(36)20-4-5-30-22-3-2-19(9-21(20)22)39-7-1-6-32-13-17-8-16(32)14-33(17)25(37)38/h2-5,9,16-18H,1,6-8,10,12-15H2,(H,31,36)(H,37,38)/t16-,17-,18-/m0/s1. The zero-order valence-electron chi connectivity index (χ0n) is 21.1. The minimum atomic E-state index is -3.13. The van der Waals surface area contributed by atoms with E-state index < -0.39 is 49.4 Å². The molecule has 39 heavy (non-hydrogen) atoms. The van der Waals surface area contributed by atoms with Gasteiger partial charge in [0.05, 0.1) is 36.8 Å². The van der Waals surface area contributed by atoms with Crippen molar-refractivity contribution < 1.29 is 33.0 Å². The molecule has 0 unspecified atom stereocenters. The number of nitrogens with one attached hydrogen (secondary N) is 1. The van der Waals surface area contributed by atoms with Crippen LogP contribution in [0.15, 0.2) is 30.5 Å². The van der Waals surface area contributed by atoms with Gasteiger partial charge in [-0.05, 0) is 37.1 Å². The average Bonchev–Trinajstić information content (AvgIpc) is 3.61. The molecule has 3 aliphatic rings. The van der Waals surface area contributed by atoms with Crippen molar-refractivity contribution in [3.05, 3.63) is 36.0 Å². The number of pyridine rings is 1. The number of hydrogen-bond donors (Lipinski definition) is 2. The van der Waals surface area contributed by atoms with E-state index in [1.807, 2.05) is 0 Å². The largest absolute Gasteiger partial charge is 0.494 e. The molecule has 2 N–H and O–H groups in total. The maximum Gasteiger partial charge on any atom is 0.407 e. The number of benzene rings is 1. The van der Waals surface area contributed by atoms with E-state index in [0.29, 0.717) is 29.8 Å². The Labute approximate surface area is 222 Å². The van der Waals surface area contributed by atoms with Crippen LogP contribution in [0, 0.1) is 11.3 Å². The smallest absolute Gasteiger partial charge is 0.407 e. The van der Waals surface area contributed by atoms with Crippen molar-refractivity contribution in [3.63, 3.8) is 0 Å². The van der Waals surface area contributed by atoms with E-state index in [2.05, 4.69) is 15.2 Å². The van der Waals surface area contributed by atoms with E-state index in [4.69, 9.17) is 10.00 Å². The summed E-state index contributed by atoms with van der Waals surface area (Å²) in [5.74, 6) is -3.92. The zero-order chi connectivity index (χ0) is 27.7. The van der Waals surface area contributed by atoms with Gasteiger partial charge in [-0.25, -0.2) is 13.6 Å². The summed E-state index contributed by atoms with van der Waals surface area (Å²) in [6.45, 7) is 1.13. The van der Waals surface area contributed by atoms with Gasteiger partial charge in [0, 0.05) is 49.7 Å². The zero-order valence-corrected chi connectivity index (χ0v) is 21.1. The normalized spacial score (nSPS) is 23.7. The number of nitrogens with zero attached hydrogens (tertiary/aromatic N) is 5. The Bertz CT molecular complexity index is 1330. The Kier molecular flexibility index (Phi) is 7.22. The molecule has 206 valence electrons. The Morgan fingerprint density at radius 2 is 2.03 bits per heavy atom. The number of alkyl halides is 2. The summed E-state index contributed by atoms with van der Waals surface area (Å²) in [6, 6.07) is 7.45. The molecule has 2 aromatic rings. The molecule has 1 aromatic carbocycles. The predicted molar refractivity (Wildman–Crippen MR) is 133 cm³/mol. The number of aromatic nitrogens is 1. The van der Waals surface area contributed by atoms with E-state index in [-0.39, 0.29) is 17.6 Å². The molecule has 13 heteroatoms. The quantitative estimate of drug-likeness (QED) is 0.483. The highest BCUT2D eigenvalue weighted by atomic mass is 19.3. The van der Waals surface area contributed by atoms with Gasteiger partial charge in [-0.3, -0.25) is 19.5 Å². The first kappa shape index (κ1) is 26.6. The lowest BCUT2D eigenvalue weighted by molar-refractivity contribution is -0.131. The molecule has 4 heterocycles. The van der Waals surface area contributed by atoms with Crippen molar-refractivity contribution >= 4 is 28.8 Å². The van der Waals surface area contributed by atoms with Crippen LogP contribution in [0.2, 0.25) is 0 Å². The summed E-state index contributed by atoms with van der Waals surface area (Å²) in [7, 11) is 0. The summed E-state index contributed by atoms with van der Waals surface area (Å²) in [5, 5.41) is 21.3. The highest BCUT2D eigenvalue weighted by molar-refractivity contribution is 6.07. The third-order valence-electron chi connectivity index (χ3n) is 7.56. The fourth-order valence-electron chi connectivity index (χ4n) is 5.68. The van der Waals surface area contributed by atoms with Crippen LogP contribution in [0.25, 0.3) is 10.9 Å². The van der Waals surface area contributed by atoms with Crippen LogP contribution in [0.5, 0.6) is 5.75 Å². The molecule has 0 radical (unpaired) electrons. The van der Waals surface area contributed by atoms with Crippen molar-refractivity contribution in [2.45, 2.75) is 43.3 Å². The summed E-state index contributed by atoms with van der Waals surface area (Å²) < 4.78 is 33.2. The number of ether oxygens (including phenoxy) is 1.